The SMILES string of the molecule is CNC(=O)CNc1cccc(S(=O)(=O)Nc2nc3ccccc3nc2Nc2cccc(OC)c2)c1. The molecule has 0 bridgehead atoms. The predicted octanol–water partition coefficient (Wildman–Crippen LogP) is 3.34. The zero-order valence-electron chi connectivity index (χ0n) is 19.1. The summed E-state index contributed by atoms with van der Waals surface area (Å²) >= 11 is 0. The Morgan fingerprint density at radius 3 is 2.29 bits per heavy atom. The van der Waals surface area contributed by atoms with Gasteiger partial charge in [0.1, 0.15) is 5.75 Å². The maximum atomic E-state index is 13.3. The Morgan fingerprint density at radius 1 is 0.886 bits per heavy atom. The first kappa shape index (κ1) is 23.8. The van der Waals surface area contributed by atoms with E-state index >= 15 is 0 Å². The third-order valence-electron chi connectivity index (χ3n) is 5.01. The number of ether oxygens (including phenoxy) is 1. The van der Waals surface area contributed by atoms with Crippen molar-refractivity contribution in [3.63, 3.8) is 0 Å². The lowest BCUT2D eigenvalue weighted by Crippen LogP contribution is -2.26. The summed E-state index contributed by atoms with van der Waals surface area (Å²) in [6.07, 6.45) is 0. The highest BCUT2D eigenvalue weighted by molar-refractivity contribution is 7.92. The number of nitrogens with zero attached hydrogens (tertiary/aromatic N) is 2. The molecule has 3 aromatic carbocycles. The van der Waals surface area contributed by atoms with Gasteiger partial charge in [0.25, 0.3) is 10.0 Å². The van der Waals surface area contributed by atoms with Crippen molar-refractivity contribution in [2.45, 2.75) is 4.90 Å². The maximum Gasteiger partial charge on any atom is 0.263 e. The van der Waals surface area contributed by atoms with Crippen molar-refractivity contribution in [3.8, 4) is 5.75 Å². The molecule has 0 aliphatic heterocycles. The predicted molar refractivity (Wildman–Crippen MR) is 136 cm³/mol. The molecule has 0 atom stereocenters. The molecule has 10 nitrogen and oxygen atoms in total. The summed E-state index contributed by atoms with van der Waals surface area (Å²) in [6.45, 7) is 0.0121. The topological polar surface area (TPSA) is 134 Å². The molecule has 0 fully saturated rings. The third kappa shape index (κ3) is 5.76. The Bertz CT molecular complexity index is 1480. The Labute approximate surface area is 202 Å². The Morgan fingerprint density at radius 2 is 1.57 bits per heavy atom. The van der Waals surface area contributed by atoms with Crippen LogP contribution in [0.25, 0.3) is 11.0 Å². The molecule has 1 aromatic heterocycles. The molecule has 0 saturated heterocycles. The lowest BCUT2D eigenvalue weighted by molar-refractivity contribution is -0.118. The minimum absolute atomic E-state index is 0.00157. The number of para-hydroxylation sites is 2. The molecule has 0 aliphatic carbocycles. The van der Waals surface area contributed by atoms with E-state index in [-0.39, 0.29) is 29.0 Å². The van der Waals surface area contributed by atoms with Crippen molar-refractivity contribution in [2.24, 2.45) is 0 Å². The fraction of sp³-hybridized carbons (Fsp3) is 0.125. The lowest BCUT2D eigenvalue weighted by Gasteiger charge is -2.15. The summed E-state index contributed by atoms with van der Waals surface area (Å²) in [5.41, 5.74) is 2.26. The number of hydrogen-bond donors (Lipinski definition) is 4. The molecule has 35 heavy (non-hydrogen) atoms. The number of sulfonamides is 1. The van der Waals surface area contributed by atoms with Crippen molar-refractivity contribution < 1.29 is 17.9 Å². The zero-order chi connectivity index (χ0) is 24.8. The van der Waals surface area contributed by atoms with Gasteiger partial charge in [0.15, 0.2) is 11.6 Å². The third-order valence-corrected chi connectivity index (χ3v) is 6.35. The van der Waals surface area contributed by atoms with Gasteiger partial charge in [-0.3, -0.25) is 9.52 Å². The smallest absolute Gasteiger partial charge is 0.263 e. The van der Waals surface area contributed by atoms with Gasteiger partial charge in [0, 0.05) is 24.5 Å². The van der Waals surface area contributed by atoms with Gasteiger partial charge in [-0.2, -0.15) is 0 Å². The number of likely N-dealkylation sites (N-methyl/N-ethyl adjacent to an activating group) is 1. The summed E-state index contributed by atoms with van der Waals surface area (Å²) in [4.78, 5) is 20.6. The first-order valence-electron chi connectivity index (χ1n) is 10.6. The van der Waals surface area contributed by atoms with Crippen molar-refractivity contribution in [1.82, 2.24) is 15.3 Å². The quantitative estimate of drug-likeness (QED) is 0.280. The molecule has 0 radical (unpaired) electrons. The van der Waals surface area contributed by atoms with E-state index in [0.717, 1.165) is 0 Å². The molecule has 11 heteroatoms. The molecule has 0 aliphatic rings. The van der Waals surface area contributed by atoms with Gasteiger partial charge in [0.2, 0.25) is 5.91 Å². The van der Waals surface area contributed by atoms with Crippen molar-refractivity contribution in [1.29, 1.82) is 0 Å². The number of anilines is 4. The number of rotatable bonds is 9. The van der Waals surface area contributed by atoms with Crippen LogP contribution >= 0.6 is 0 Å². The van der Waals surface area contributed by atoms with Crippen LogP contribution in [0.2, 0.25) is 0 Å². The number of amides is 1. The van der Waals surface area contributed by atoms with Crippen LogP contribution in [0, 0.1) is 0 Å². The standard InChI is InChI=1S/C24H24N6O4S/c1-25-22(31)15-26-16-7-6-10-19(14-16)35(32,33)30-24-23(27-17-8-5-9-18(13-17)34-2)28-20-11-3-4-12-21(20)29-24/h3-14,26H,15H2,1-2H3,(H,25,31)(H,27,28)(H,29,30). The van der Waals surface area contributed by atoms with Crippen LogP contribution in [0.5, 0.6) is 5.75 Å². The highest BCUT2D eigenvalue weighted by Crippen LogP contribution is 2.28. The molecule has 1 amide bonds. The van der Waals surface area contributed by atoms with Crippen LogP contribution in [0.3, 0.4) is 0 Å². The van der Waals surface area contributed by atoms with Crippen LogP contribution in [0.4, 0.5) is 23.0 Å². The lowest BCUT2D eigenvalue weighted by atomic mass is 10.3. The van der Waals surface area contributed by atoms with E-state index in [1.165, 1.54) is 19.2 Å². The number of carbonyl (C=O) groups excluding carboxylic acids is 1. The second kappa shape index (κ2) is 10.3. The van der Waals surface area contributed by atoms with E-state index in [1.54, 1.807) is 61.7 Å². The number of carbonyl (C=O) groups is 1. The van der Waals surface area contributed by atoms with Gasteiger partial charge < -0.3 is 20.7 Å². The van der Waals surface area contributed by atoms with E-state index in [9.17, 15) is 13.2 Å². The molecule has 180 valence electrons. The zero-order valence-corrected chi connectivity index (χ0v) is 19.9. The van der Waals surface area contributed by atoms with Gasteiger partial charge in [-0.25, -0.2) is 18.4 Å². The maximum absolute atomic E-state index is 13.3. The van der Waals surface area contributed by atoms with Crippen LogP contribution in [0.15, 0.2) is 77.7 Å². The normalized spacial score (nSPS) is 11.0. The van der Waals surface area contributed by atoms with Gasteiger partial charge >= 0.3 is 0 Å². The van der Waals surface area contributed by atoms with Crippen molar-refractivity contribution in [2.75, 3.05) is 36.1 Å². The van der Waals surface area contributed by atoms with Crippen molar-refractivity contribution >= 4 is 50.0 Å². The number of methoxy groups -OCH3 is 1. The van der Waals surface area contributed by atoms with Crippen LogP contribution in [0.1, 0.15) is 0 Å². The largest absolute Gasteiger partial charge is 0.497 e. The number of aromatic nitrogens is 2. The molecular weight excluding hydrogens is 468 g/mol. The van der Waals surface area contributed by atoms with Gasteiger partial charge in [-0.05, 0) is 42.5 Å². The molecule has 0 spiro atoms. The van der Waals surface area contributed by atoms with Gasteiger partial charge in [0.05, 0.1) is 29.6 Å². The molecule has 0 saturated carbocycles. The minimum atomic E-state index is -4.03. The number of benzene rings is 3. The Kier molecular flexibility index (Phi) is 6.97. The fourth-order valence-electron chi connectivity index (χ4n) is 3.23. The number of hydrogen-bond acceptors (Lipinski definition) is 8. The summed E-state index contributed by atoms with van der Waals surface area (Å²) < 4.78 is 34.3. The summed E-state index contributed by atoms with van der Waals surface area (Å²) in [6, 6.07) is 20.5. The number of nitrogens with one attached hydrogen (secondary N) is 4. The highest BCUT2D eigenvalue weighted by atomic mass is 32.2. The van der Waals surface area contributed by atoms with Crippen molar-refractivity contribution in [3.05, 3.63) is 72.8 Å². The van der Waals surface area contributed by atoms with E-state index in [2.05, 4.69) is 30.6 Å². The molecule has 1 heterocycles. The first-order valence-corrected chi connectivity index (χ1v) is 12.1. The van der Waals surface area contributed by atoms with E-state index < -0.39 is 10.0 Å². The average molecular weight is 493 g/mol. The van der Waals surface area contributed by atoms with E-state index in [0.29, 0.717) is 28.2 Å². The second-order valence-corrected chi connectivity index (χ2v) is 9.11. The monoisotopic (exact) mass is 492 g/mol. The van der Waals surface area contributed by atoms with Crippen LogP contribution in [-0.4, -0.2) is 45.0 Å². The molecule has 4 aromatic rings. The van der Waals surface area contributed by atoms with Gasteiger partial charge in [-0.1, -0.05) is 24.3 Å². The number of fused-ring (bicyclic) bond motifs is 1. The summed E-state index contributed by atoms with van der Waals surface area (Å²) in [5.74, 6) is 0.674. The summed E-state index contributed by atoms with van der Waals surface area (Å²) in [7, 11) is -0.948. The first-order chi connectivity index (χ1) is 16.9. The van der Waals surface area contributed by atoms with Crippen LogP contribution < -0.4 is 25.4 Å². The molecule has 4 rings (SSSR count). The second-order valence-electron chi connectivity index (χ2n) is 7.43. The minimum Gasteiger partial charge on any atom is -0.497 e. The Hall–Kier alpha value is -4.38. The Balaban J connectivity index is 1.68. The average Bonchev–Trinajstić information content (AvgIpc) is 2.87. The van der Waals surface area contributed by atoms with E-state index in [1.807, 2.05) is 6.07 Å². The fourth-order valence-corrected chi connectivity index (χ4v) is 4.28. The highest BCUT2D eigenvalue weighted by Gasteiger charge is 2.20. The molecule has 4 N–H and O–H groups in total. The summed E-state index contributed by atoms with van der Waals surface area (Å²) in [5, 5.41) is 8.52. The molecular formula is C24H24N6O4S. The van der Waals surface area contributed by atoms with E-state index in [4.69, 9.17) is 4.74 Å². The van der Waals surface area contributed by atoms with Gasteiger partial charge in [-0.15, -0.1) is 0 Å². The van der Waals surface area contributed by atoms with Crippen LogP contribution in [-0.2, 0) is 14.8 Å². The molecule has 0 unspecified atom stereocenters.